The number of thiophene rings is 1. The van der Waals surface area contributed by atoms with Gasteiger partial charge in [0.15, 0.2) is 0 Å². The zero-order valence-electron chi connectivity index (χ0n) is 9.54. The van der Waals surface area contributed by atoms with Crippen LogP contribution in [0.3, 0.4) is 0 Å². The van der Waals surface area contributed by atoms with E-state index in [0.717, 1.165) is 0 Å². The molecule has 0 radical (unpaired) electrons. The van der Waals surface area contributed by atoms with E-state index in [1.165, 1.54) is 11.3 Å². The van der Waals surface area contributed by atoms with Crippen LogP contribution in [0.4, 0.5) is 5.00 Å². The molecular weight excluding hydrogens is 254 g/mol. The second kappa shape index (κ2) is 5.46. The van der Waals surface area contributed by atoms with Crippen LogP contribution in [0.5, 0.6) is 0 Å². The van der Waals surface area contributed by atoms with Crippen LogP contribution in [0, 0.1) is 11.3 Å². The molecule has 1 aromatic heterocycles. The van der Waals surface area contributed by atoms with Gasteiger partial charge >= 0.3 is 0 Å². The molecule has 96 valence electrons. The number of hydrogen-bond donors (Lipinski definition) is 3. The number of aliphatic hydroxyl groups is 2. The lowest BCUT2D eigenvalue weighted by Crippen LogP contribution is -2.32. The van der Waals surface area contributed by atoms with Crippen molar-refractivity contribution >= 4 is 22.2 Å². The molecule has 1 fully saturated rings. The molecule has 18 heavy (non-hydrogen) atoms. The van der Waals surface area contributed by atoms with E-state index in [9.17, 15) is 15.0 Å². The Morgan fingerprint density at radius 2 is 2.22 bits per heavy atom. The van der Waals surface area contributed by atoms with E-state index in [4.69, 9.17) is 5.26 Å². The van der Waals surface area contributed by atoms with Crippen molar-refractivity contribution in [2.45, 2.75) is 12.2 Å². The third kappa shape index (κ3) is 2.86. The summed E-state index contributed by atoms with van der Waals surface area (Å²) in [6.07, 6.45) is -1.59. The van der Waals surface area contributed by atoms with Crippen LogP contribution in [0.25, 0.3) is 0 Å². The van der Waals surface area contributed by atoms with E-state index in [2.05, 4.69) is 5.32 Å². The molecule has 3 N–H and O–H groups in total. The third-order valence-electron chi connectivity index (χ3n) is 2.74. The van der Waals surface area contributed by atoms with Crippen molar-refractivity contribution in [1.82, 2.24) is 4.90 Å². The summed E-state index contributed by atoms with van der Waals surface area (Å²) < 4.78 is 0. The van der Waals surface area contributed by atoms with Crippen molar-refractivity contribution in [2.75, 3.05) is 25.0 Å². The summed E-state index contributed by atoms with van der Waals surface area (Å²) in [5.41, 5.74) is 0.440. The fourth-order valence-electron chi connectivity index (χ4n) is 1.84. The molecule has 0 aliphatic carbocycles. The Hall–Kier alpha value is -1.46. The Kier molecular flexibility index (Phi) is 3.93. The summed E-state index contributed by atoms with van der Waals surface area (Å²) in [7, 11) is 0. The van der Waals surface area contributed by atoms with Crippen LogP contribution in [-0.2, 0) is 4.79 Å². The number of likely N-dealkylation sites (tertiary alicyclic amines) is 1. The van der Waals surface area contributed by atoms with Crippen molar-refractivity contribution in [3.05, 3.63) is 17.0 Å². The number of carbonyl (C=O) groups is 1. The number of hydrogen-bond acceptors (Lipinski definition) is 6. The summed E-state index contributed by atoms with van der Waals surface area (Å²) in [5, 5.41) is 32.4. The van der Waals surface area contributed by atoms with E-state index < -0.39 is 12.2 Å². The Morgan fingerprint density at radius 1 is 1.56 bits per heavy atom. The number of amides is 1. The van der Waals surface area contributed by atoms with Gasteiger partial charge in [-0.1, -0.05) is 0 Å². The van der Waals surface area contributed by atoms with Gasteiger partial charge in [0.1, 0.15) is 11.1 Å². The number of nitrogens with one attached hydrogen (secondary N) is 1. The number of nitrogens with zero attached hydrogens (tertiary/aromatic N) is 2. The highest BCUT2D eigenvalue weighted by atomic mass is 32.1. The topological polar surface area (TPSA) is 96.6 Å². The molecule has 6 nitrogen and oxygen atoms in total. The van der Waals surface area contributed by atoms with Crippen LogP contribution in [-0.4, -0.2) is 52.9 Å². The molecule has 1 saturated heterocycles. The van der Waals surface area contributed by atoms with Crippen molar-refractivity contribution in [3.63, 3.8) is 0 Å². The minimum atomic E-state index is -0.797. The van der Waals surface area contributed by atoms with E-state index >= 15 is 0 Å². The maximum atomic E-state index is 11.7. The van der Waals surface area contributed by atoms with Crippen molar-refractivity contribution in [2.24, 2.45) is 0 Å². The number of aliphatic hydroxyl groups excluding tert-OH is 2. The molecule has 0 spiro atoms. The first-order valence-electron chi connectivity index (χ1n) is 5.46. The summed E-state index contributed by atoms with van der Waals surface area (Å²) in [5.74, 6) is -0.254. The molecule has 2 atom stereocenters. The standard InChI is InChI=1S/C11H13N3O3S/c12-3-7-1-2-18-11(7)13-10(17)6-14-4-8(15)9(16)5-14/h1-2,8-9,15-16H,4-6H2,(H,13,17). The minimum absolute atomic E-state index is 0.0941. The summed E-state index contributed by atoms with van der Waals surface area (Å²) in [6.45, 7) is 0.658. The second-order valence-electron chi connectivity index (χ2n) is 4.15. The summed E-state index contributed by atoms with van der Waals surface area (Å²) in [6, 6.07) is 3.63. The molecule has 0 saturated carbocycles. The van der Waals surface area contributed by atoms with Gasteiger partial charge in [0.2, 0.25) is 5.91 Å². The van der Waals surface area contributed by atoms with Crippen molar-refractivity contribution in [1.29, 1.82) is 5.26 Å². The fourth-order valence-corrected chi connectivity index (χ4v) is 2.59. The minimum Gasteiger partial charge on any atom is -0.389 e. The zero-order chi connectivity index (χ0) is 13.1. The maximum Gasteiger partial charge on any atom is 0.239 e. The Labute approximate surface area is 108 Å². The first-order valence-corrected chi connectivity index (χ1v) is 6.34. The first-order chi connectivity index (χ1) is 8.60. The third-order valence-corrected chi connectivity index (χ3v) is 3.57. The number of rotatable bonds is 3. The summed E-state index contributed by atoms with van der Waals surface area (Å²) >= 11 is 1.29. The maximum absolute atomic E-state index is 11.7. The lowest BCUT2D eigenvalue weighted by Gasteiger charge is -2.13. The lowest BCUT2D eigenvalue weighted by atomic mass is 10.3. The number of β-amino-alcohol motifs (C(OH)–C–C–N with tert-alkyl or cyclic N) is 2. The predicted molar refractivity (Wildman–Crippen MR) is 66.1 cm³/mol. The Bertz CT molecular complexity index is 472. The molecule has 2 rings (SSSR count). The highest BCUT2D eigenvalue weighted by molar-refractivity contribution is 7.14. The fraction of sp³-hybridized carbons (Fsp3) is 0.455. The molecular formula is C11H13N3O3S. The van der Waals surface area contributed by atoms with Gasteiger partial charge in [-0.2, -0.15) is 5.26 Å². The van der Waals surface area contributed by atoms with Crippen LogP contribution < -0.4 is 5.32 Å². The zero-order valence-corrected chi connectivity index (χ0v) is 10.4. The molecule has 1 aliphatic heterocycles. The molecule has 0 aromatic carbocycles. The molecule has 1 amide bonds. The quantitative estimate of drug-likeness (QED) is 0.692. The van der Waals surface area contributed by atoms with E-state index in [1.807, 2.05) is 6.07 Å². The van der Waals surface area contributed by atoms with Crippen LogP contribution in [0.15, 0.2) is 11.4 Å². The van der Waals surface area contributed by atoms with Crippen LogP contribution in [0.1, 0.15) is 5.56 Å². The normalized spacial score (nSPS) is 23.8. The molecule has 1 aromatic rings. The van der Waals surface area contributed by atoms with Crippen LogP contribution in [0.2, 0.25) is 0 Å². The van der Waals surface area contributed by atoms with Crippen molar-refractivity contribution in [3.8, 4) is 6.07 Å². The lowest BCUT2D eigenvalue weighted by molar-refractivity contribution is -0.117. The van der Waals surface area contributed by atoms with Crippen molar-refractivity contribution < 1.29 is 15.0 Å². The highest BCUT2D eigenvalue weighted by Gasteiger charge is 2.30. The van der Waals surface area contributed by atoms with E-state index in [0.29, 0.717) is 10.6 Å². The monoisotopic (exact) mass is 267 g/mol. The molecule has 0 bridgehead atoms. The van der Waals surface area contributed by atoms with Gasteiger partial charge in [-0.15, -0.1) is 11.3 Å². The van der Waals surface area contributed by atoms with E-state index in [1.54, 1.807) is 16.3 Å². The van der Waals surface area contributed by atoms with Gasteiger partial charge in [-0.05, 0) is 11.4 Å². The van der Waals surface area contributed by atoms with Gasteiger partial charge in [-0.25, -0.2) is 0 Å². The average molecular weight is 267 g/mol. The molecule has 2 heterocycles. The SMILES string of the molecule is N#Cc1ccsc1NC(=O)CN1CC(O)C(O)C1. The Morgan fingerprint density at radius 3 is 2.83 bits per heavy atom. The second-order valence-corrected chi connectivity index (χ2v) is 5.07. The number of nitriles is 1. The average Bonchev–Trinajstić information content (AvgIpc) is 2.86. The van der Waals surface area contributed by atoms with Gasteiger partial charge in [0.25, 0.3) is 0 Å². The molecule has 7 heteroatoms. The van der Waals surface area contributed by atoms with Gasteiger partial charge in [0, 0.05) is 13.1 Å². The Balaban J connectivity index is 1.88. The van der Waals surface area contributed by atoms with E-state index in [-0.39, 0.29) is 25.5 Å². The highest BCUT2D eigenvalue weighted by Crippen LogP contribution is 2.22. The smallest absolute Gasteiger partial charge is 0.239 e. The van der Waals surface area contributed by atoms with Crippen LogP contribution >= 0.6 is 11.3 Å². The first kappa shape index (κ1) is 13.0. The van der Waals surface area contributed by atoms with Gasteiger partial charge in [-0.3, -0.25) is 9.69 Å². The van der Waals surface area contributed by atoms with Gasteiger partial charge < -0.3 is 15.5 Å². The number of carbonyl (C=O) groups excluding carboxylic acids is 1. The molecule has 2 unspecified atom stereocenters. The largest absolute Gasteiger partial charge is 0.389 e. The molecule has 1 aliphatic rings. The number of anilines is 1. The van der Waals surface area contributed by atoms with Gasteiger partial charge in [0.05, 0.1) is 24.3 Å². The predicted octanol–water partition coefficient (Wildman–Crippen LogP) is -0.404. The summed E-state index contributed by atoms with van der Waals surface area (Å²) in [4.78, 5) is 13.4.